The zero-order valence-electron chi connectivity index (χ0n) is 19.8. The van der Waals surface area contributed by atoms with E-state index in [1.54, 1.807) is 22.7 Å². The molecule has 1 aliphatic heterocycles. The Hall–Kier alpha value is -1.82. The number of anilines is 2. The predicted molar refractivity (Wildman–Crippen MR) is 165 cm³/mol. The first-order valence-corrected chi connectivity index (χ1v) is 16.0. The van der Waals surface area contributed by atoms with Crippen molar-refractivity contribution in [3.63, 3.8) is 0 Å². The van der Waals surface area contributed by atoms with E-state index in [-0.39, 0.29) is 0 Å². The number of benzene rings is 2. The van der Waals surface area contributed by atoms with Crippen molar-refractivity contribution >= 4 is 89.3 Å². The van der Waals surface area contributed by atoms with Crippen molar-refractivity contribution in [2.45, 2.75) is 42.4 Å². The van der Waals surface area contributed by atoms with Gasteiger partial charge in [0.1, 0.15) is 6.07 Å². The van der Waals surface area contributed by atoms with Gasteiger partial charge < -0.3 is 4.90 Å². The Bertz CT molecular complexity index is 1460. The fraction of sp³-hybridized carbons (Fsp3) is 0.207. The molecule has 0 bridgehead atoms. The minimum atomic E-state index is 0.689. The van der Waals surface area contributed by atoms with Crippen LogP contribution in [-0.4, -0.2) is 6.54 Å². The number of hydrogen-bond acceptors (Lipinski definition) is 5. The first kappa shape index (κ1) is 25.8. The van der Waals surface area contributed by atoms with Gasteiger partial charge in [-0.05, 0) is 104 Å². The molecule has 2 aromatic carbocycles. The molecule has 2 nitrogen and oxygen atoms in total. The van der Waals surface area contributed by atoms with E-state index in [1.807, 2.05) is 30.0 Å². The zero-order valence-corrected chi connectivity index (χ0v) is 25.4. The lowest BCUT2D eigenvalue weighted by atomic mass is 10.1. The van der Waals surface area contributed by atoms with Gasteiger partial charge in [-0.3, -0.25) is 0 Å². The van der Waals surface area contributed by atoms with E-state index in [2.05, 4.69) is 98.3 Å². The summed E-state index contributed by atoms with van der Waals surface area (Å²) in [5.74, 6) is 0. The normalized spacial score (nSPS) is 12.8. The van der Waals surface area contributed by atoms with Crippen molar-refractivity contribution in [3.8, 4) is 16.5 Å². The summed E-state index contributed by atoms with van der Waals surface area (Å²) in [5, 5.41) is 9.80. The van der Waals surface area contributed by atoms with E-state index in [4.69, 9.17) is 0 Å². The summed E-state index contributed by atoms with van der Waals surface area (Å²) in [6, 6.07) is 24.1. The summed E-state index contributed by atoms with van der Waals surface area (Å²) < 4.78 is 2.18. The second kappa shape index (κ2) is 11.7. The van der Waals surface area contributed by atoms with E-state index in [0.717, 1.165) is 24.6 Å². The van der Waals surface area contributed by atoms with Gasteiger partial charge in [-0.2, -0.15) is 5.26 Å². The third kappa shape index (κ3) is 5.69. The topological polar surface area (TPSA) is 27.0 Å². The minimum absolute atomic E-state index is 0.689. The van der Waals surface area contributed by atoms with Crippen molar-refractivity contribution in [2.75, 3.05) is 11.4 Å². The van der Waals surface area contributed by atoms with Crippen molar-refractivity contribution in [1.29, 1.82) is 5.26 Å². The standard InChI is InChI=1S/C29H24Br2N2S3/c1-2-3-4-5-14-33-22-8-6-19(15-21(18-32)25-11-13-29(31)36-25)16-26(22)34-27-17-20(7-9-23(27)33)24-10-12-28(30)35-24/h6-13,15-17H,2-5,14H2,1H3/b21-15+. The van der Waals surface area contributed by atoms with E-state index >= 15 is 0 Å². The molecule has 0 radical (unpaired) electrons. The Kier molecular flexibility index (Phi) is 8.39. The van der Waals surface area contributed by atoms with E-state index in [0.29, 0.717) is 5.57 Å². The fourth-order valence-corrected chi connectivity index (χ4v) is 8.25. The second-order valence-electron chi connectivity index (χ2n) is 8.60. The van der Waals surface area contributed by atoms with Crippen LogP contribution < -0.4 is 4.90 Å². The molecule has 182 valence electrons. The molecule has 0 spiro atoms. The Labute approximate surface area is 241 Å². The summed E-state index contributed by atoms with van der Waals surface area (Å²) in [6.45, 7) is 3.26. The largest absolute Gasteiger partial charge is 0.340 e. The first-order valence-electron chi connectivity index (χ1n) is 11.9. The number of nitriles is 1. The first-order chi connectivity index (χ1) is 17.6. The Balaban J connectivity index is 1.51. The number of rotatable bonds is 8. The molecule has 0 amide bonds. The number of halogens is 2. The van der Waals surface area contributed by atoms with Crippen LogP contribution in [0.3, 0.4) is 0 Å². The zero-order chi connectivity index (χ0) is 25.1. The molecule has 5 rings (SSSR count). The van der Waals surface area contributed by atoms with E-state index < -0.39 is 0 Å². The van der Waals surface area contributed by atoms with Crippen LogP contribution in [0.1, 0.15) is 43.0 Å². The van der Waals surface area contributed by atoms with Gasteiger partial charge in [-0.15, -0.1) is 22.7 Å². The lowest BCUT2D eigenvalue weighted by Gasteiger charge is -2.33. The van der Waals surface area contributed by atoms with Crippen LogP contribution in [0.2, 0.25) is 0 Å². The van der Waals surface area contributed by atoms with Crippen LogP contribution in [0.4, 0.5) is 11.4 Å². The molecule has 0 saturated heterocycles. The predicted octanol–water partition coefficient (Wildman–Crippen LogP) is 11.2. The van der Waals surface area contributed by atoms with Gasteiger partial charge in [0.05, 0.1) is 24.5 Å². The van der Waals surface area contributed by atoms with Crippen LogP contribution in [0.15, 0.2) is 78.0 Å². The van der Waals surface area contributed by atoms with Gasteiger partial charge in [0.25, 0.3) is 0 Å². The van der Waals surface area contributed by atoms with Crippen LogP contribution in [0.25, 0.3) is 22.1 Å². The maximum Gasteiger partial charge on any atom is 0.101 e. The molecule has 4 aromatic rings. The monoisotopic (exact) mass is 654 g/mol. The van der Waals surface area contributed by atoms with Gasteiger partial charge in [0.15, 0.2) is 0 Å². The van der Waals surface area contributed by atoms with Crippen LogP contribution in [0.5, 0.6) is 0 Å². The molecule has 7 heteroatoms. The van der Waals surface area contributed by atoms with Gasteiger partial charge >= 0.3 is 0 Å². The van der Waals surface area contributed by atoms with Crippen LogP contribution >= 0.6 is 66.3 Å². The molecule has 0 aliphatic carbocycles. The molecule has 0 unspecified atom stereocenters. The van der Waals surface area contributed by atoms with Gasteiger partial charge in [0.2, 0.25) is 0 Å². The highest BCUT2D eigenvalue weighted by Gasteiger charge is 2.24. The van der Waals surface area contributed by atoms with Gasteiger partial charge in [-0.1, -0.05) is 50.1 Å². The number of nitrogens with zero attached hydrogens (tertiary/aromatic N) is 2. The summed E-state index contributed by atoms with van der Waals surface area (Å²) in [4.78, 5) is 7.25. The molecule has 1 aliphatic rings. The number of thiophene rings is 2. The van der Waals surface area contributed by atoms with Gasteiger partial charge in [0, 0.05) is 26.1 Å². The number of unbranched alkanes of at least 4 members (excludes halogenated alkanes) is 3. The molecular weight excluding hydrogens is 632 g/mol. The SMILES string of the molecule is CCCCCCN1c2ccc(/C=C(\C#N)c3ccc(Br)s3)cc2Sc2cc(-c3ccc(Br)s3)ccc21. The Morgan fingerprint density at radius 1 is 0.889 bits per heavy atom. The quantitative estimate of drug-likeness (QED) is 0.140. The van der Waals surface area contributed by atoms with E-state index in [9.17, 15) is 5.26 Å². The summed E-state index contributed by atoms with van der Waals surface area (Å²) in [5.41, 5.74) is 5.53. The molecule has 36 heavy (non-hydrogen) atoms. The fourth-order valence-electron chi connectivity index (χ4n) is 4.34. The van der Waals surface area contributed by atoms with Crippen LogP contribution in [-0.2, 0) is 0 Å². The summed E-state index contributed by atoms with van der Waals surface area (Å²) in [7, 11) is 0. The molecular formula is C29H24Br2N2S3. The smallest absolute Gasteiger partial charge is 0.101 e. The molecule has 0 N–H and O–H groups in total. The lowest BCUT2D eigenvalue weighted by Crippen LogP contribution is -2.22. The lowest BCUT2D eigenvalue weighted by molar-refractivity contribution is 0.666. The third-order valence-electron chi connectivity index (χ3n) is 6.11. The molecule has 0 fully saturated rings. The van der Waals surface area contributed by atoms with Crippen molar-refractivity contribution in [2.24, 2.45) is 0 Å². The molecule has 2 aromatic heterocycles. The second-order valence-corrected chi connectivity index (χ2v) is 14.6. The highest BCUT2D eigenvalue weighted by Crippen LogP contribution is 2.50. The van der Waals surface area contributed by atoms with E-state index in [1.165, 1.54) is 57.3 Å². The summed E-state index contributed by atoms with van der Waals surface area (Å²) >= 11 is 12.3. The van der Waals surface area contributed by atoms with Crippen molar-refractivity contribution < 1.29 is 0 Å². The highest BCUT2D eigenvalue weighted by molar-refractivity contribution is 9.11. The maximum absolute atomic E-state index is 9.80. The highest BCUT2D eigenvalue weighted by atomic mass is 79.9. The minimum Gasteiger partial charge on any atom is -0.340 e. The molecule has 0 atom stereocenters. The number of hydrogen-bond donors (Lipinski definition) is 0. The Morgan fingerprint density at radius 2 is 1.64 bits per heavy atom. The Morgan fingerprint density at radius 3 is 2.33 bits per heavy atom. The molecule has 3 heterocycles. The number of allylic oxidation sites excluding steroid dienone is 1. The average Bonchev–Trinajstić information content (AvgIpc) is 3.52. The molecule has 0 saturated carbocycles. The maximum atomic E-state index is 9.80. The van der Waals surface area contributed by atoms with Crippen molar-refractivity contribution in [3.05, 3.63) is 78.7 Å². The summed E-state index contributed by atoms with van der Waals surface area (Å²) in [6.07, 6.45) is 6.92. The van der Waals surface area contributed by atoms with Crippen molar-refractivity contribution in [1.82, 2.24) is 0 Å². The van der Waals surface area contributed by atoms with Crippen LogP contribution in [0, 0.1) is 11.3 Å². The number of fused-ring (bicyclic) bond motifs is 2. The average molecular weight is 657 g/mol. The third-order valence-corrected chi connectivity index (χ3v) is 10.5. The van der Waals surface area contributed by atoms with Gasteiger partial charge in [-0.25, -0.2) is 0 Å².